The van der Waals surface area contributed by atoms with Gasteiger partial charge in [-0.05, 0) is 43.4 Å². The van der Waals surface area contributed by atoms with Gasteiger partial charge in [0.15, 0.2) is 6.10 Å². The minimum absolute atomic E-state index is 0.589. The van der Waals surface area contributed by atoms with Gasteiger partial charge in [-0.3, -0.25) is 0 Å². The molecule has 202 valence electrons. The lowest BCUT2D eigenvalue weighted by Crippen LogP contribution is -2.26. The number of benzene rings is 1. The Morgan fingerprint density at radius 2 is 1.14 bits per heavy atom. The van der Waals surface area contributed by atoms with Crippen LogP contribution in [0.25, 0.3) is 0 Å². The SMILES string of the molecule is CCCCCCCCCCCCCCCc1cccc(OC(CCCCCCCCC)C(=O)O)c1. The smallest absolute Gasteiger partial charge is 0.344 e. The maximum Gasteiger partial charge on any atom is 0.344 e. The van der Waals surface area contributed by atoms with Crippen molar-refractivity contribution in [2.45, 2.75) is 161 Å². The lowest BCUT2D eigenvalue weighted by atomic mass is 10.0. The second-order valence-corrected chi connectivity index (χ2v) is 10.5. The molecule has 0 aliphatic rings. The number of aryl methyl sites for hydroxylation is 1. The van der Waals surface area contributed by atoms with E-state index in [1.807, 2.05) is 18.2 Å². The van der Waals surface area contributed by atoms with Crippen LogP contribution in [-0.2, 0) is 11.2 Å². The number of rotatable bonds is 25. The number of aliphatic carboxylic acids is 1. The number of hydrogen-bond acceptors (Lipinski definition) is 2. The van der Waals surface area contributed by atoms with Crippen LogP contribution in [0.5, 0.6) is 5.75 Å². The summed E-state index contributed by atoms with van der Waals surface area (Å²) in [6.07, 6.45) is 27.0. The summed E-state index contributed by atoms with van der Waals surface area (Å²) in [6, 6.07) is 8.08. The van der Waals surface area contributed by atoms with Crippen LogP contribution in [0.2, 0.25) is 0 Å². The van der Waals surface area contributed by atoms with Crippen LogP contribution in [0.4, 0.5) is 0 Å². The lowest BCUT2D eigenvalue weighted by molar-refractivity contribution is -0.145. The van der Waals surface area contributed by atoms with Gasteiger partial charge in [0.1, 0.15) is 5.75 Å². The van der Waals surface area contributed by atoms with Crippen molar-refractivity contribution in [2.75, 3.05) is 0 Å². The number of ether oxygens (including phenoxy) is 1. The van der Waals surface area contributed by atoms with Crippen LogP contribution in [0.3, 0.4) is 0 Å². The first kappa shape index (κ1) is 31.5. The minimum atomic E-state index is -0.849. The number of carbonyl (C=O) groups is 1. The molecule has 3 heteroatoms. The molecular formula is C32H56O3. The predicted octanol–water partition coefficient (Wildman–Crippen LogP) is 10.3. The van der Waals surface area contributed by atoms with Crippen molar-refractivity contribution in [3.8, 4) is 5.75 Å². The number of carboxylic acids is 1. The van der Waals surface area contributed by atoms with Gasteiger partial charge in [-0.1, -0.05) is 142 Å². The van der Waals surface area contributed by atoms with Gasteiger partial charge in [0, 0.05) is 0 Å². The molecule has 1 rings (SSSR count). The Morgan fingerprint density at radius 3 is 1.63 bits per heavy atom. The Balaban J connectivity index is 2.14. The van der Waals surface area contributed by atoms with E-state index < -0.39 is 12.1 Å². The summed E-state index contributed by atoms with van der Waals surface area (Å²) in [6.45, 7) is 4.50. The monoisotopic (exact) mass is 488 g/mol. The van der Waals surface area contributed by atoms with E-state index in [2.05, 4.69) is 19.9 Å². The van der Waals surface area contributed by atoms with E-state index in [1.165, 1.54) is 121 Å². The number of hydrogen-bond donors (Lipinski definition) is 1. The van der Waals surface area contributed by atoms with Crippen molar-refractivity contribution < 1.29 is 14.6 Å². The molecule has 1 N–H and O–H groups in total. The topological polar surface area (TPSA) is 46.5 Å². The van der Waals surface area contributed by atoms with Gasteiger partial charge >= 0.3 is 5.97 Å². The Labute approximate surface area is 217 Å². The normalized spacial score (nSPS) is 12.1. The van der Waals surface area contributed by atoms with Gasteiger partial charge in [0.2, 0.25) is 0 Å². The minimum Gasteiger partial charge on any atom is -0.479 e. The Kier molecular flexibility index (Phi) is 20.6. The fourth-order valence-electron chi connectivity index (χ4n) is 4.81. The van der Waals surface area contributed by atoms with Crippen molar-refractivity contribution in [1.29, 1.82) is 0 Å². The molecule has 35 heavy (non-hydrogen) atoms. The average Bonchev–Trinajstić information content (AvgIpc) is 2.85. The van der Waals surface area contributed by atoms with E-state index in [1.54, 1.807) is 0 Å². The molecule has 3 nitrogen and oxygen atoms in total. The van der Waals surface area contributed by atoms with Gasteiger partial charge in [0.25, 0.3) is 0 Å². The van der Waals surface area contributed by atoms with Crippen molar-refractivity contribution >= 4 is 5.97 Å². The van der Waals surface area contributed by atoms with Crippen molar-refractivity contribution in [1.82, 2.24) is 0 Å². The summed E-state index contributed by atoms with van der Waals surface area (Å²) in [7, 11) is 0. The van der Waals surface area contributed by atoms with Gasteiger partial charge in [-0.2, -0.15) is 0 Å². The van der Waals surface area contributed by atoms with E-state index in [0.717, 1.165) is 19.3 Å². The molecule has 0 aromatic heterocycles. The van der Waals surface area contributed by atoms with Crippen molar-refractivity contribution in [3.63, 3.8) is 0 Å². The van der Waals surface area contributed by atoms with Gasteiger partial charge in [-0.25, -0.2) is 4.79 Å². The zero-order chi connectivity index (χ0) is 25.4. The molecule has 0 amide bonds. The molecule has 0 fully saturated rings. The maximum absolute atomic E-state index is 11.7. The van der Waals surface area contributed by atoms with Crippen LogP contribution in [-0.4, -0.2) is 17.2 Å². The average molecular weight is 489 g/mol. The molecule has 0 saturated carbocycles. The molecule has 0 aliphatic carbocycles. The molecule has 0 spiro atoms. The molecular weight excluding hydrogens is 432 g/mol. The molecule has 1 unspecified atom stereocenters. The van der Waals surface area contributed by atoms with Crippen molar-refractivity contribution in [3.05, 3.63) is 29.8 Å². The quantitative estimate of drug-likeness (QED) is 0.139. The van der Waals surface area contributed by atoms with E-state index in [-0.39, 0.29) is 0 Å². The fraction of sp³-hybridized carbons (Fsp3) is 0.781. The Morgan fingerprint density at radius 1 is 0.686 bits per heavy atom. The molecule has 0 heterocycles. The summed E-state index contributed by atoms with van der Waals surface area (Å²) in [5, 5.41) is 9.59. The van der Waals surface area contributed by atoms with E-state index in [0.29, 0.717) is 12.2 Å². The summed E-state index contributed by atoms with van der Waals surface area (Å²) in [4.78, 5) is 11.7. The molecule has 0 aliphatic heterocycles. The number of unbranched alkanes of at least 4 members (excludes halogenated alkanes) is 18. The predicted molar refractivity (Wildman–Crippen MR) is 151 cm³/mol. The first-order valence-electron chi connectivity index (χ1n) is 15.2. The summed E-state index contributed by atoms with van der Waals surface area (Å²) in [5.74, 6) is -0.148. The van der Waals surface area contributed by atoms with E-state index in [9.17, 15) is 9.90 Å². The lowest BCUT2D eigenvalue weighted by Gasteiger charge is -2.16. The highest BCUT2D eigenvalue weighted by Crippen LogP contribution is 2.20. The molecule has 1 atom stereocenters. The highest BCUT2D eigenvalue weighted by molar-refractivity contribution is 5.72. The third-order valence-electron chi connectivity index (χ3n) is 7.09. The Hall–Kier alpha value is -1.51. The van der Waals surface area contributed by atoms with E-state index in [4.69, 9.17) is 4.74 Å². The Bertz CT molecular complexity index is 613. The van der Waals surface area contributed by atoms with Crippen molar-refractivity contribution in [2.24, 2.45) is 0 Å². The summed E-state index contributed by atoms with van der Waals surface area (Å²) in [5.41, 5.74) is 1.26. The van der Waals surface area contributed by atoms with Gasteiger partial charge in [0.05, 0.1) is 0 Å². The van der Waals surface area contributed by atoms with Crippen LogP contribution < -0.4 is 4.74 Å². The molecule has 0 bridgehead atoms. The fourth-order valence-corrected chi connectivity index (χ4v) is 4.81. The molecule has 1 aromatic carbocycles. The third kappa shape index (κ3) is 18.4. The summed E-state index contributed by atoms with van der Waals surface area (Å²) >= 11 is 0. The van der Waals surface area contributed by atoms with Crippen LogP contribution >= 0.6 is 0 Å². The van der Waals surface area contributed by atoms with E-state index >= 15 is 0 Å². The number of carboxylic acid groups (broad SMARTS) is 1. The summed E-state index contributed by atoms with van der Waals surface area (Å²) < 4.78 is 5.88. The van der Waals surface area contributed by atoms with Crippen LogP contribution in [0.1, 0.15) is 154 Å². The second kappa shape index (κ2) is 22.9. The zero-order valence-corrected chi connectivity index (χ0v) is 23.2. The maximum atomic E-state index is 11.7. The highest BCUT2D eigenvalue weighted by atomic mass is 16.5. The van der Waals surface area contributed by atoms with Crippen LogP contribution in [0, 0.1) is 0 Å². The first-order chi connectivity index (χ1) is 17.2. The van der Waals surface area contributed by atoms with Gasteiger partial charge in [-0.15, -0.1) is 0 Å². The molecule has 0 saturated heterocycles. The molecule has 0 radical (unpaired) electrons. The van der Waals surface area contributed by atoms with Gasteiger partial charge < -0.3 is 9.84 Å². The zero-order valence-electron chi connectivity index (χ0n) is 23.2. The highest BCUT2D eigenvalue weighted by Gasteiger charge is 2.19. The first-order valence-corrected chi connectivity index (χ1v) is 15.2. The largest absolute Gasteiger partial charge is 0.479 e. The standard InChI is InChI=1S/C32H56O3/c1-3-5-7-9-11-12-13-14-15-16-18-19-21-24-29-25-23-26-30(28-29)35-31(32(33)34)27-22-20-17-10-8-6-4-2/h23,25-26,28,31H,3-22,24,27H2,1-2H3,(H,33,34). The third-order valence-corrected chi connectivity index (χ3v) is 7.09. The molecule has 1 aromatic rings. The second-order valence-electron chi connectivity index (χ2n) is 10.5. The van der Waals surface area contributed by atoms with Crippen LogP contribution in [0.15, 0.2) is 24.3 Å².